The first-order chi connectivity index (χ1) is 18.5. The minimum Gasteiger partial charge on any atom is -0.497 e. The van der Waals surface area contributed by atoms with E-state index in [1.807, 2.05) is 73.7 Å². The van der Waals surface area contributed by atoms with Crippen LogP contribution in [-0.4, -0.2) is 39.1 Å². The van der Waals surface area contributed by atoms with Crippen LogP contribution in [0.4, 0.5) is 5.69 Å². The lowest BCUT2D eigenvalue weighted by Gasteiger charge is -2.29. The fourth-order valence-corrected chi connectivity index (χ4v) is 5.32. The van der Waals surface area contributed by atoms with Crippen molar-refractivity contribution in [3.05, 3.63) is 108 Å². The number of rotatable bonds is 8. The standard InChI is InChI=1S/C30H31N5O2S/c1-20-8-4-5-9-24(20)32-27(36)17-19-34-29(28(33-30(34)38)25-10-6-7-18-31-25)26-16-11-21(2)35(26)22-12-14-23(37-3)15-13-22/h4-16,18,28-29H,17,19H2,1-3H3,(H,32,36)(H,33,38)/t28-,29-/m0/s1. The van der Waals surface area contributed by atoms with Crippen molar-refractivity contribution < 1.29 is 9.53 Å². The topological polar surface area (TPSA) is 71.4 Å². The van der Waals surface area contributed by atoms with Crippen LogP contribution in [0.1, 0.15) is 41.1 Å². The van der Waals surface area contributed by atoms with Gasteiger partial charge in [-0.25, -0.2) is 0 Å². The SMILES string of the molecule is COc1ccc(-n2c(C)ccc2[C@H]2[C@H](c3ccccn3)NC(=S)N2CCC(=O)Nc2ccccc2C)cc1. The van der Waals surface area contributed by atoms with Crippen molar-refractivity contribution in [2.45, 2.75) is 32.4 Å². The number of pyridine rings is 1. The van der Waals surface area contributed by atoms with Crippen molar-refractivity contribution in [2.24, 2.45) is 0 Å². The molecule has 1 saturated heterocycles. The Morgan fingerprint density at radius 1 is 1.03 bits per heavy atom. The van der Waals surface area contributed by atoms with Gasteiger partial charge in [0, 0.05) is 41.9 Å². The molecule has 1 amide bonds. The lowest BCUT2D eigenvalue weighted by molar-refractivity contribution is -0.116. The molecule has 1 aliphatic rings. The Morgan fingerprint density at radius 2 is 1.79 bits per heavy atom. The predicted octanol–water partition coefficient (Wildman–Crippen LogP) is 5.50. The fraction of sp³-hybridized carbons (Fsp3) is 0.233. The fourth-order valence-electron chi connectivity index (χ4n) is 4.99. The number of methoxy groups -OCH3 is 1. The van der Waals surface area contributed by atoms with E-state index < -0.39 is 0 Å². The van der Waals surface area contributed by atoms with Gasteiger partial charge in [-0.3, -0.25) is 9.78 Å². The van der Waals surface area contributed by atoms with Gasteiger partial charge >= 0.3 is 0 Å². The van der Waals surface area contributed by atoms with E-state index in [0.717, 1.165) is 39.8 Å². The van der Waals surface area contributed by atoms with Crippen molar-refractivity contribution in [2.75, 3.05) is 19.0 Å². The summed E-state index contributed by atoms with van der Waals surface area (Å²) >= 11 is 5.83. The summed E-state index contributed by atoms with van der Waals surface area (Å²) in [6.07, 6.45) is 2.09. The highest BCUT2D eigenvalue weighted by molar-refractivity contribution is 7.80. The zero-order valence-corrected chi connectivity index (χ0v) is 22.5. The molecule has 2 aromatic heterocycles. The number of benzene rings is 2. The van der Waals surface area contributed by atoms with E-state index in [4.69, 9.17) is 17.0 Å². The van der Waals surface area contributed by atoms with Crippen molar-refractivity contribution in [1.29, 1.82) is 0 Å². The quantitative estimate of drug-likeness (QED) is 0.296. The number of thiocarbonyl (C=S) groups is 1. The third-order valence-electron chi connectivity index (χ3n) is 6.94. The van der Waals surface area contributed by atoms with Gasteiger partial charge in [0.25, 0.3) is 0 Å². The first kappa shape index (κ1) is 25.5. The van der Waals surface area contributed by atoms with Gasteiger partial charge in [-0.15, -0.1) is 0 Å². The van der Waals surface area contributed by atoms with Gasteiger partial charge in [-0.1, -0.05) is 24.3 Å². The number of nitrogens with zero attached hydrogens (tertiary/aromatic N) is 3. The Hall–Kier alpha value is -4.17. The van der Waals surface area contributed by atoms with Gasteiger partial charge in [0.1, 0.15) is 5.75 Å². The average molecular weight is 526 g/mol. The molecule has 0 spiro atoms. The van der Waals surface area contributed by atoms with Crippen molar-refractivity contribution in [1.82, 2.24) is 19.8 Å². The maximum Gasteiger partial charge on any atom is 0.226 e. The number of aromatic nitrogens is 2. The third-order valence-corrected chi connectivity index (χ3v) is 7.29. The Bertz CT molecular complexity index is 1430. The summed E-state index contributed by atoms with van der Waals surface area (Å²) in [4.78, 5) is 19.7. The molecule has 1 aliphatic heterocycles. The van der Waals surface area contributed by atoms with Crippen LogP contribution in [0.3, 0.4) is 0 Å². The second-order valence-corrected chi connectivity index (χ2v) is 9.75. The molecule has 4 aromatic rings. The number of amides is 1. The van der Waals surface area contributed by atoms with E-state index >= 15 is 0 Å². The summed E-state index contributed by atoms with van der Waals surface area (Å²) < 4.78 is 7.60. The molecular formula is C30H31N5O2S. The van der Waals surface area contributed by atoms with Gasteiger partial charge in [-0.05, 0) is 86.2 Å². The highest BCUT2D eigenvalue weighted by Crippen LogP contribution is 2.40. The number of nitrogens with one attached hydrogen (secondary N) is 2. The van der Waals surface area contributed by atoms with Gasteiger partial charge in [0.15, 0.2) is 5.11 Å². The van der Waals surface area contributed by atoms with Crippen LogP contribution in [0.5, 0.6) is 5.75 Å². The Labute approximate surface area is 228 Å². The number of carbonyl (C=O) groups excluding carboxylic acids is 1. The van der Waals surface area contributed by atoms with Crippen LogP contribution in [0.25, 0.3) is 5.69 Å². The normalized spacial score (nSPS) is 16.8. The highest BCUT2D eigenvalue weighted by Gasteiger charge is 2.41. The molecule has 0 radical (unpaired) electrons. The Morgan fingerprint density at radius 3 is 2.50 bits per heavy atom. The highest BCUT2D eigenvalue weighted by atomic mass is 32.1. The van der Waals surface area contributed by atoms with E-state index in [-0.39, 0.29) is 18.0 Å². The first-order valence-corrected chi connectivity index (χ1v) is 13.0. The monoisotopic (exact) mass is 525 g/mol. The minimum absolute atomic E-state index is 0.0520. The lowest BCUT2D eigenvalue weighted by Crippen LogP contribution is -2.33. The van der Waals surface area contributed by atoms with Gasteiger partial charge < -0.3 is 24.8 Å². The molecule has 0 bridgehead atoms. The number of para-hydroxylation sites is 1. The summed E-state index contributed by atoms with van der Waals surface area (Å²) in [5.41, 5.74) is 5.94. The van der Waals surface area contributed by atoms with Crippen LogP contribution in [-0.2, 0) is 4.79 Å². The summed E-state index contributed by atoms with van der Waals surface area (Å²) in [5, 5.41) is 7.13. The third kappa shape index (κ3) is 5.13. The minimum atomic E-state index is -0.172. The number of carbonyl (C=O) groups is 1. The number of anilines is 1. The van der Waals surface area contributed by atoms with Crippen molar-refractivity contribution >= 4 is 28.9 Å². The predicted molar refractivity (Wildman–Crippen MR) is 154 cm³/mol. The Balaban J connectivity index is 1.47. The van der Waals surface area contributed by atoms with E-state index in [1.165, 1.54) is 0 Å². The van der Waals surface area contributed by atoms with E-state index in [2.05, 4.69) is 44.1 Å². The maximum atomic E-state index is 12.9. The molecular weight excluding hydrogens is 494 g/mol. The van der Waals surface area contributed by atoms with Crippen molar-refractivity contribution in [3.8, 4) is 11.4 Å². The van der Waals surface area contributed by atoms with Crippen LogP contribution in [0, 0.1) is 13.8 Å². The summed E-state index contributed by atoms with van der Waals surface area (Å²) in [7, 11) is 1.66. The second kappa shape index (κ2) is 11.1. The number of aryl methyl sites for hydroxylation is 2. The molecule has 7 nitrogen and oxygen atoms in total. The number of ether oxygens (including phenoxy) is 1. The van der Waals surface area contributed by atoms with Gasteiger partial charge in [0.05, 0.1) is 24.9 Å². The average Bonchev–Trinajstić information content (AvgIpc) is 3.48. The van der Waals surface area contributed by atoms with Gasteiger partial charge in [0.2, 0.25) is 5.91 Å². The molecule has 0 aliphatic carbocycles. The van der Waals surface area contributed by atoms with Crippen LogP contribution >= 0.6 is 12.2 Å². The second-order valence-electron chi connectivity index (χ2n) is 9.37. The van der Waals surface area contributed by atoms with E-state index in [1.54, 1.807) is 13.3 Å². The zero-order chi connectivity index (χ0) is 26.6. The summed E-state index contributed by atoms with van der Waals surface area (Å²) in [6.45, 7) is 4.53. The zero-order valence-electron chi connectivity index (χ0n) is 21.7. The molecule has 1 fully saturated rings. The molecule has 8 heteroatoms. The molecule has 0 saturated carbocycles. The van der Waals surface area contributed by atoms with Gasteiger partial charge in [-0.2, -0.15) is 0 Å². The molecule has 3 heterocycles. The molecule has 194 valence electrons. The maximum absolute atomic E-state index is 12.9. The summed E-state index contributed by atoms with van der Waals surface area (Å²) in [5.74, 6) is 0.750. The smallest absolute Gasteiger partial charge is 0.226 e. The van der Waals surface area contributed by atoms with Crippen LogP contribution in [0.15, 0.2) is 85.1 Å². The summed E-state index contributed by atoms with van der Waals surface area (Å²) in [6, 6.07) is 25.6. The van der Waals surface area contributed by atoms with Crippen LogP contribution in [0.2, 0.25) is 0 Å². The van der Waals surface area contributed by atoms with E-state index in [0.29, 0.717) is 18.1 Å². The lowest BCUT2D eigenvalue weighted by atomic mass is 10.0. The Kier molecular flexibility index (Phi) is 7.42. The molecule has 2 N–H and O–H groups in total. The van der Waals surface area contributed by atoms with E-state index in [9.17, 15) is 4.79 Å². The molecule has 2 aromatic carbocycles. The first-order valence-electron chi connectivity index (χ1n) is 12.6. The largest absolute Gasteiger partial charge is 0.497 e. The molecule has 38 heavy (non-hydrogen) atoms. The number of hydrogen-bond acceptors (Lipinski definition) is 4. The van der Waals surface area contributed by atoms with Crippen LogP contribution < -0.4 is 15.4 Å². The number of hydrogen-bond donors (Lipinski definition) is 2. The molecule has 2 atom stereocenters. The molecule has 5 rings (SSSR count). The molecule has 0 unspecified atom stereocenters. The van der Waals surface area contributed by atoms with Crippen molar-refractivity contribution in [3.63, 3.8) is 0 Å².